The van der Waals surface area contributed by atoms with Crippen LogP contribution >= 0.6 is 11.6 Å². The van der Waals surface area contributed by atoms with Crippen LogP contribution < -0.4 is 10.1 Å². The van der Waals surface area contributed by atoms with E-state index in [2.05, 4.69) is 11.4 Å². The number of amides is 2. The van der Waals surface area contributed by atoms with Gasteiger partial charge < -0.3 is 15.0 Å². The Morgan fingerprint density at radius 3 is 2.42 bits per heavy atom. The van der Waals surface area contributed by atoms with Crippen molar-refractivity contribution in [1.29, 1.82) is 5.26 Å². The van der Waals surface area contributed by atoms with Gasteiger partial charge in [0, 0.05) is 36.8 Å². The number of rotatable bonds is 6. The average molecular weight is 523 g/mol. The number of nitriles is 1. The van der Waals surface area contributed by atoms with E-state index in [1.165, 1.54) is 0 Å². The molecular formula is C31H27ClN4O2. The van der Waals surface area contributed by atoms with Crippen molar-refractivity contribution in [3.63, 3.8) is 0 Å². The van der Waals surface area contributed by atoms with Gasteiger partial charge in [-0.15, -0.1) is 0 Å². The van der Waals surface area contributed by atoms with Crippen LogP contribution in [-0.2, 0) is 6.54 Å². The van der Waals surface area contributed by atoms with Crippen molar-refractivity contribution in [2.75, 3.05) is 13.1 Å². The number of pyridine rings is 1. The van der Waals surface area contributed by atoms with Gasteiger partial charge >= 0.3 is 6.03 Å². The Balaban J connectivity index is 1.33. The van der Waals surface area contributed by atoms with Crippen molar-refractivity contribution in [3.8, 4) is 28.8 Å². The predicted molar refractivity (Wildman–Crippen MR) is 148 cm³/mol. The highest BCUT2D eigenvalue weighted by Crippen LogP contribution is 2.34. The molecule has 1 aliphatic rings. The first kappa shape index (κ1) is 25.3. The Labute approximate surface area is 227 Å². The number of benzene rings is 3. The number of piperidine rings is 1. The molecule has 2 heterocycles. The number of hydrogen-bond donors (Lipinski definition) is 1. The van der Waals surface area contributed by atoms with Crippen LogP contribution in [0.4, 0.5) is 4.79 Å². The molecule has 2 amide bonds. The molecular weight excluding hydrogens is 496 g/mol. The van der Waals surface area contributed by atoms with E-state index in [0.29, 0.717) is 41.7 Å². The first-order valence-electron chi connectivity index (χ1n) is 12.6. The minimum atomic E-state index is -0.0903. The lowest BCUT2D eigenvalue weighted by Crippen LogP contribution is -2.44. The Kier molecular flexibility index (Phi) is 7.86. The molecule has 5 rings (SSSR count). The van der Waals surface area contributed by atoms with Crippen molar-refractivity contribution in [2.24, 2.45) is 0 Å². The summed E-state index contributed by atoms with van der Waals surface area (Å²) in [5.41, 5.74) is 3.49. The number of urea groups is 1. The standard InChI is InChI=1S/C31H27ClN4O2/c32-28-18-29(24-10-7-17-36(21-24)31(37)34-20-22-8-3-1-4-9-22)35-30(27(28)19-33)23-13-15-26(16-14-23)38-25-11-5-2-6-12-25/h1-6,8-9,11-16,18,24H,7,10,17,20-21H2,(H,34,37). The smallest absolute Gasteiger partial charge is 0.317 e. The highest BCUT2D eigenvalue weighted by molar-refractivity contribution is 6.32. The molecule has 0 radical (unpaired) electrons. The van der Waals surface area contributed by atoms with Crippen LogP contribution in [0.5, 0.6) is 11.5 Å². The van der Waals surface area contributed by atoms with E-state index in [1.54, 1.807) is 6.07 Å². The molecule has 190 valence electrons. The van der Waals surface area contributed by atoms with E-state index >= 15 is 0 Å². The molecule has 0 bridgehead atoms. The van der Waals surface area contributed by atoms with Crippen molar-refractivity contribution in [3.05, 3.63) is 113 Å². The van der Waals surface area contributed by atoms with Gasteiger partial charge in [-0.2, -0.15) is 5.26 Å². The van der Waals surface area contributed by atoms with Crippen molar-refractivity contribution in [1.82, 2.24) is 15.2 Å². The number of carbonyl (C=O) groups excluding carboxylic acids is 1. The minimum Gasteiger partial charge on any atom is -0.457 e. The van der Waals surface area contributed by atoms with Crippen LogP contribution in [0.3, 0.4) is 0 Å². The van der Waals surface area contributed by atoms with E-state index in [1.807, 2.05) is 89.8 Å². The van der Waals surface area contributed by atoms with Crippen molar-refractivity contribution >= 4 is 17.6 Å². The summed E-state index contributed by atoms with van der Waals surface area (Å²) in [7, 11) is 0. The molecule has 1 unspecified atom stereocenters. The number of nitrogens with zero attached hydrogens (tertiary/aromatic N) is 3. The maximum atomic E-state index is 12.9. The second-order valence-corrected chi connectivity index (χ2v) is 9.64. The van der Waals surface area contributed by atoms with Gasteiger partial charge in [0.1, 0.15) is 17.6 Å². The topological polar surface area (TPSA) is 78.3 Å². The molecule has 1 atom stereocenters. The third kappa shape index (κ3) is 5.96. The molecule has 1 saturated heterocycles. The van der Waals surface area contributed by atoms with Crippen LogP contribution in [0.25, 0.3) is 11.3 Å². The monoisotopic (exact) mass is 522 g/mol. The number of likely N-dealkylation sites (tertiary alicyclic amines) is 1. The molecule has 0 spiro atoms. The van der Waals surface area contributed by atoms with Crippen LogP contribution in [-0.4, -0.2) is 29.0 Å². The van der Waals surface area contributed by atoms with Gasteiger partial charge in [-0.3, -0.25) is 4.98 Å². The molecule has 1 aliphatic heterocycles. The number of aromatic nitrogens is 1. The summed E-state index contributed by atoms with van der Waals surface area (Å²) >= 11 is 6.58. The number of ether oxygens (including phenoxy) is 1. The average Bonchev–Trinajstić information content (AvgIpc) is 2.97. The fourth-order valence-electron chi connectivity index (χ4n) is 4.65. The molecule has 0 aliphatic carbocycles. The molecule has 1 N–H and O–H groups in total. The van der Waals surface area contributed by atoms with E-state index in [-0.39, 0.29) is 11.9 Å². The third-order valence-electron chi connectivity index (χ3n) is 6.62. The lowest BCUT2D eigenvalue weighted by atomic mass is 9.93. The maximum Gasteiger partial charge on any atom is 0.317 e. The normalized spacial score (nSPS) is 14.9. The first-order chi connectivity index (χ1) is 18.6. The molecule has 4 aromatic rings. The number of halogens is 1. The van der Waals surface area contributed by atoms with Crippen LogP contribution in [0, 0.1) is 11.3 Å². The van der Waals surface area contributed by atoms with E-state index in [9.17, 15) is 10.1 Å². The minimum absolute atomic E-state index is 0.0240. The van der Waals surface area contributed by atoms with Gasteiger partial charge in [0.05, 0.1) is 16.3 Å². The molecule has 1 aromatic heterocycles. The molecule has 6 nitrogen and oxygen atoms in total. The third-order valence-corrected chi connectivity index (χ3v) is 6.92. The summed E-state index contributed by atoms with van der Waals surface area (Å²) in [5.74, 6) is 1.46. The Bertz CT molecular complexity index is 1440. The van der Waals surface area contributed by atoms with Crippen molar-refractivity contribution < 1.29 is 9.53 Å². The molecule has 1 fully saturated rings. The van der Waals surface area contributed by atoms with Crippen LogP contribution in [0.2, 0.25) is 5.02 Å². The second-order valence-electron chi connectivity index (χ2n) is 9.23. The molecule has 38 heavy (non-hydrogen) atoms. The Morgan fingerprint density at radius 1 is 1.03 bits per heavy atom. The summed E-state index contributed by atoms with van der Waals surface area (Å²) in [4.78, 5) is 19.6. The highest BCUT2D eigenvalue weighted by Gasteiger charge is 2.27. The quantitative estimate of drug-likeness (QED) is 0.291. The summed E-state index contributed by atoms with van der Waals surface area (Å²) in [5, 5.41) is 13.2. The molecule has 3 aromatic carbocycles. The maximum absolute atomic E-state index is 12.9. The van der Waals surface area contributed by atoms with E-state index in [4.69, 9.17) is 21.3 Å². The predicted octanol–water partition coefficient (Wildman–Crippen LogP) is 7.16. The zero-order chi connectivity index (χ0) is 26.3. The zero-order valence-electron chi connectivity index (χ0n) is 20.8. The van der Waals surface area contributed by atoms with Gasteiger partial charge in [0.25, 0.3) is 0 Å². The summed E-state index contributed by atoms with van der Waals surface area (Å²) in [6.07, 6.45) is 1.75. The van der Waals surface area contributed by atoms with Crippen molar-refractivity contribution in [2.45, 2.75) is 25.3 Å². The summed E-state index contributed by atoms with van der Waals surface area (Å²) < 4.78 is 5.90. The molecule has 7 heteroatoms. The number of para-hydroxylation sites is 1. The van der Waals surface area contributed by atoms with Gasteiger partial charge in [0.2, 0.25) is 0 Å². The summed E-state index contributed by atoms with van der Waals surface area (Å²) in [6, 6.07) is 30.8. The fraction of sp³-hybridized carbons (Fsp3) is 0.194. The van der Waals surface area contributed by atoms with Gasteiger partial charge in [-0.1, -0.05) is 60.1 Å². The number of carbonyl (C=O) groups is 1. The number of hydrogen-bond acceptors (Lipinski definition) is 4. The van der Waals surface area contributed by atoms with Crippen LogP contribution in [0.1, 0.15) is 35.6 Å². The van der Waals surface area contributed by atoms with E-state index < -0.39 is 0 Å². The Hall–Kier alpha value is -4.34. The SMILES string of the molecule is N#Cc1c(Cl)cc(C2CCCN(C(=O)NCc3ccccc3)C2)nc1-c1ccc(Oc2ccccc2)cc1. The number of nitrogens with one attached hydrogen (secondary N) is 1. The van der Waals surface area contributed by atoms with Gasteiger partial charge in [-0.05, 0) is 60.9 Å². The largest absolute Gasteiger partial charge is 0.457 e. The van der Waals surface area contributed by atoms with Gasteiger partial charge in [0.15, 0.2) is 0 Å². The fourth-order valence-corrected chi connectivity index (χ4v) is 4.89. The molecule has 0 saturated carbocycles. The van der Waals surface area contributed by atoms with Gasteiger partial charge in [-0.25, -0.2) is 4.79 Å². The lowest BCUT2D eigenvalue weighted by molar-refractivity contribution is 0.178. The van der Waals surface area contributed by atoms with Crippen LogP contribution in [0.15, 0.2) is 91.0 Å². The zero-order valence-corrected chi connectivity index (χ0v) is 21.6. The Morgan fingerprint density at radius 2 is 1.71 bits per heavy atom. The second kappa shape index (κ2) is 11.8. The van der Waals surface area contributed by atoms with E-state index in [0.717, 1.165) is 35.4 Å². The first-order valence-corrected chi connectivity index (χ1v) is 13.0. The highest BCUT2D eigenvalue weighted by atomic mass is 35.5. The summed E-state index contributed by atoms with van der Waals surface area (Å²) in [6.45, 7) is 1.71. The lowest BCUT2D eigenvalue weighted by Gasteiger charge is -2.33.